The van der Waals surface area contributed by atoms with Crippen molar-refractivity contribution >= 4 is 10.8 Å². The normalized spacial score (nSPS) is 12.5. The van der Waals surface area contributed by atoms with Gasteiger partial charge in [0.2, 0.25) is 0 Å². The molecule has 0 fully saturated rings. The van der Waals surface area contributed by atoms with Gasteiger partial charge in [-0.1, -0.05) is 42.5 Å². The van der Waals surface area contributed by atoms with Gasteiger partial charge in [0.1, 0.15) is 0 Å². The predicted molar refractivity (Wildman–Crippen MR) is 83.6 cm³/mol. The molecule has 0 saturated carbocycles. The average Bonchev–Trinajstić information content (AvgIpc) is 2.49. The summed E-state index contributed by atoms with van der Waals surface area (Å²) in [7, 11) is 0. The fraction of sp³-hybridized carbons (Fsp3) is 0.167. The largest absolute Gasteiger partial charge is 0.324 e. The van der Waals surface area contributed by atoms with Gasteiger partial charge in [0, 0.05) is 24.4 Å². The molecular formula is C18H18N2. The highest BCUT2D eigenvalue weighted by Gasteiger charge is 2.08. The van der Waals surface area contributed by atoms with Gasteiger partial charge in [0.05, 0.1) is 0 Å². The Labute approximate surface area is 119 Å². The highest BCUT2D eigenvalue weighted by molar-refractivity contribution is 5.83. The Kier molecular flexibility index (Phi) is 3.48. The zero-order valence-corrected chi connectivity index (χ0v) is 11.6. The molecule has 0 aliphatic rings. The Morgan fingerprint density at radius 3 is 2.55 bits per heavy atom. The molecular weight excluding hydrogens is 244 g/mol. The molecule has 1 atom stereocenters. The highest BCUT2D eigenvalue weighted by atomic mass is 14.7. The van der Waals surface area contributed by atoms with Crippen molar-refractivity contribution in [3.8, 4) is 0 Å². The summed E-state index contributed by atoms with van der Waals surface area (Å²) in [5.74, 6) is 0. The molecule has 0 spiro atoms. The van der Waals surface area contributed by atoms with E-state index < -0.39 is 0 Å². The number of fused-ring (bicyclic) bond motifs is 1. The van der Waals surface area contributed by atoms with Crippen molar-refractivity contribution in [1.29, 1.82) is 0 Å². The van der Waals surface area contributed by atoms with Crippen LogP contribution in [0, 0.1) is 6.92 Å². The molecule has 0 bridgehead atoms. The summed E-state index contributed by atoms with van der Waals surface area (Å²) in [4.78, 5) is 4.43. The van der Waals surface area contributed by atoms with E-state index in [-0.39, 0.29) is 6.04 Å². The van der Waals surface area contributed by atoms with Gasteiger partial charge >= 0.3 is 0 Å². The lowest BCUT2D eigenvalue weighted by Crippen LogP contribution is -2.14. The van der Waals surface area contributed by atoms with Gasteiger partial charge in [0.15, 0.2) is 0 Å². The molecule has 0 aliphatic carbocycles. The fourth-order valence-electron chi connectivity index (χ4n) is 2.40. The second-order valence-corrected chi connectivity index (χ2v) is 5.24. The van der Waals surface area contributed by atoms with Crippen LogP contribution >= 0.6 is 0 Å². The van der Waals surface area contributed by atoms with Crippen molar-refractivity contribution in [2.45, 2.75) is 19.4 Å². The smallest absolute Gasteiger partial charge is 0.0422 e. The van der Waals surface area contributed by atoms with Crippen LogP contribution in [0.2, 0.25) is 0 Å². The molecule has 0 radical (unpaired) electrons. The van der Waals surface area contributed by atoms with Crippen molar-refractivity contribution in [2.75, 3.05) is 0 Å². The fourth-order valence-corrected chi connectivity index (χ4v) is 2.40. The minimum absolute atomic E-state index is 0.0187. The van der Waals surface area contributed by atoms with E-state index in [4.69, 9.17) is 5.73 Å². The zero-order chi connectivity index (χ0) is 13.9. The first-order chi connectivity index (χ1) is 9.72. The standard InChI is InChI=1S/C18H18N2/c1-13-6-9-17(20-12-13)11-18(19)16-8-7-14-4-2-3-5-15(14)10-16/h2-10,12,18H,11,19H2,1H3. The monoisotopic (exact) mass is 262 g/mol. The van der Waals surface area contributed by atoms with Gasteiger partial charge in [-0.3, -0.25) is 4.98 Å². The van der Waals surface area contributed by atoms with Crippen LogP contribution in [0.3, 0.4) is 0 Å². The van der Waals surface area contributed by atoms with E-state index in [1.807, 2.05) is 13.1 Å². The molecule has 20 heavy (non-hydrogen) atoms. The minimum atomic E-state index is -0.0187. The van der Waals surface area contributed by atoms with Gasteiger partial charge in [0.25, 0.3) is 0 Å². The zero-order valence-electron chi connectivity index (χ0n) is 11.6. The third-order valence-corrected chi connectivity index (χ3v) is 3.60. The van der Waals surface area contributed by atoms with Crippen LogP contribution in [-0.4, -0.2) is 4.98 Å². The van der Waals surface area contributed by atoms with E-state index >= 15 is 0 Å². The SMILES string of the molecule is Cc1ccc(CC(N)c2ccc3ccccc3c2)nc1. The molecule has 2 nitrogen and oxygen atoms in total. The number of nitrogens with zero attached hydrogens (tertiary/aromatic N) is 1. The molecule has 0 aliphatic heterocycles. The van der Waals surface area contributed by atoms with E-state index in [0.29, 0.717) is 0 Å². The maximum Gasteiger partial charge on any atom is 0.0422 e. The van der Waals surface area contributed by atoms with E-state index in [0.717, 1.165) is 17.7 Å². The number of nitrogens with two attached hydrogens (primary N) is 1. The number of hydrogen-bond donors (Lipinski definition) is 1. The number of aryl methyl sites for hydroxylation is 1. The second-order valence-electron chi connectivity index (χ2n) is 5.24. The van der Waals surface area contributed by atoms with E-state index in [1.165, 1.54) is 16.3 Å². The summed E-state index contributed by atoms with van der Waals surface area (Å²) in [6.45, 7) is 2.04. The van der Waals surface area contributed by atoms with E-state index in [2.05, 4.69) is 59.6 Å². The van der Waals surface area contributed by atoms with E-state index in [1.54, 1.807) is 0 Å². The number of benzene rings is 2. The van der Waals surface area contributed by atoms with Crippen molar-refractivity contribution in [3.05, 3.63) is 77.6 Å². The van der Waals surface area contributed by atoms with Crippen molar-refractivity contribution in [2.24, 2.45) is 5.73 Å². The van der Waals surface area contributed by atoms with Crippen LogP contribution in [0.15, 0.2) is 60.8 Å². The molecule has 100 valence electrons. The predicted octanol–water partition coefficient (Wildman–Crippen LogP) is 3.79. The first-order valence-corrected chi connectivity index (χ1v) is 6.88. The Morgan fingerprint density at radius 2 is 1.80 bits per heavy atom. The van der Waals surface area contributed by atoms with Crippen LogP contribution in [0.5, 0.6) is 0 Å². The first-order valence-electron chi connectivity index (χ1n) is 6.88. The highest BCUT2D eigenvalue weighted by Crippen LogP contribution is 2.21. The molecule has 1 unspecified atom stereocenters. The number of aromatic nitrogens is 1. The summed E-state index contributed by atoms with van der Waals surface area (Å²) >= 11 is 0. The van der Waals surface area contributed by atoms with Crippen molar-refractivity contribution < 1.29 is 0 Å². The Hall–Kier alpha value is -2.19. The maximum atomic E-state index is 6.32. The summed E-state index contributed by atoms with van der Waals surface area (Å²) in [5.41, 5.74) is 9.69. The molecule has 0 amide bonds. The second kappa shape index (κ2) is 5.43. The molecule has 0 saturated heterocycles. The molecule has 3 aromatic rings. The number of rotatable bonds is 3. The third-order valence-electron chi connectivity index (χ3n) is 3.60. The van der Waals surface area contributed by atoms with Gasteiger partial charge < -0.3 is 5.73 Å². The summed E-state index contributed by atoms with van der Waals surface area (Å²) in [6, 6.07) is 18.9. The third kappa shape index (κ3) is 2.70. The summed E-state index contributed by atoms with van der Waals surface area (Å²) in [5, 5.41) is 2.48. The molecule has 2 aromatic carbocycles. The number of pyridine rings is 1. The maximum absolute atomic E-state index is 6.32. The Balaban J connectivity index is 1.84. The van der Waals surface area contributed by atoms with Crippen LogP contribution in [0.1, 0.15) is 22.9 Å². The summed E-state index contributed by atoms with van der Waals surface area (Å²) in [6.07, 6.45) is 2.65. The van der Waals surface area contributed by atoms with Crippen molar-refractivity contribution in [3.63, 3.8) is 0 Å². The lowest BCUT2D eigenvalue weighted by atomic mass is 9.99. The minimum Gasteiger partial charge on any atom is -0.324 e. The molecule has 2 heteroatoms. The molecule has 3 rings (SSSR count). The molecule has 2 N–H and O–H groups in total. The Bertz CT molecular complexity index is 717. The van der Waals surface area contributed by atoms with Crippen LogP contribution in [0.25, 0.3) is 10.8 Å². The van der Waals surface area contributed by atoms with Gasteiger partial charge in [-0.25, -0.2) is 0 Å². The average molecular weight is 262 g/mol. The lowest BCUT2D eigenvalue weighted by molar-refractivity contribution is 0.707. The molecule has 1 heterocycles. The van der Waals surface area contributed by atoms with Gasteiger partial charge in [-0.15, -0.1) is 0 Å². The first kappa shape index (κ1) is 12.8. The van der Waals surface area contributed by atoms with Crippen LogP contribution in [0.4, 0.5) is 0 Å². The number of hydrogen-bond acceptors (Lipinski definition) is 2. The van der Waals surface area contributed by atoms with Crippen LogP contribution < -0.4 is 5.73 Å². The summed E-state index contributed by atoms with van der Waals surface area (Å²) < 4.78 is 0. The Morgan fingerprint density at radius 1 is 1.00 bits per heavy atom. The molecule has 1 aromatic heterocycles. The topological polar surface area (TPSA) is 38.9 Å². The van der Waals surface area contributed by atoms with Gasteiger partial charge in [-0.2, -0.15) is 0 Å². The van der Waals surface area contributed by atoms with Crippen molar-refractivity contribution in [1.82, 2.24) is 4.98 Å². The van der Waals surface area contributed by atoms with E-state index in [9.17, 15) is 0 Å². The van der Waals surface area contributed by atoms with Crippen LogP contribution in [-0.2, 0) is 6.42 Å². The van der Waals surface area contributed by atoms with Gasteiger partial charge in [-0.05, 0) is 41.0 Å². The lowest BCUT2D eigenvalue weighted by Gasteiger charge is -2.12. The quantitative estimate of drug-likeness (QED) is 0.780.